The number of rotatable bonds is 5. The van der Waals surface area contributed by atoms with Crippen molar-refractivity contribution in [3.63, 3.8) is 0 Å². The summed E-state index contributed by atoms with van der Waals surface area (Å²) in [4.78, 5) is 13.9. The number of hydrogen-bond donors (Lipinski definition) is 1. The number of amides is 1. The minimum atomic E-state index is -4.36. The largest absolute Gasteiger partial charge is 0.484 e. The van der Waals surface area contributed by atoms with Gasteiger partial charge in [-0.25, -0.2) is 0 Å². The molecule has 0 saturated carbocycles. The predicted octanol–water partition coefficient (Wildman–Crippen LogP) is 2.87. The molecule has 2 rings (SSSR count). The first kappa shape index (κ1) is 18.9. The smallest absolute Gasteiger partial charge is 0.422 e. The van der Waals surface area contributed by atoms with E-state index in [0.29, 0.717) is 17.7 Å². The van der Waals surface area contributed by atoms with Crippen molar-refractivity contribution in [2.24, 2.45) is 0 Å². The summed E-state index contributed by atoms with van der Waals surface area (Å²) in [5, 5.41) is 3.13. The molecule has 24 heavy (non-hydrogen) atoms. The minimum Gasteiger partial charge on any atom is -0.484 e. The predicted molar refractivity (Wildman–Crippen MR) is 88.2 cm³/mol. The van der Waals surface area contributed by atoms with Crippen LogP contribution in [-0.4, -0.2) is 48.3 Å². The van der Waals surface area contributed by atoms with Crippen molar-refractivity contribution < 1.29 is 22.7 Å². The summed E-state index contributed by atoms with van der Waals surface area (Å²) in [5.41, 5.74) is 2.13. The van der Waals surface area contributed by atoms with E-state index in [2.05, 4.69) is 5.32 Å². The summed E-state index contributed by atoms with van der Waals surface area (Å²) in [5.74, 6) is 1.80. The first-order valence-electron chi connectivity index (χ1n) is 7.53. The SMILES string of the molecule is Cc1cc(CN(C)C(=O)C2CSCN2)cc(C)c1OCC(F)(F)F. The molecule has 1 aromatic rings. The van der Waals surface area contributed by atoms with Crippen LogP contribution in [0, 0.1) is 13.8 Å². The van der Waals surface area contributed by atoms with Crippen molar-refractivity contribution in [3.05, 3.63) is 28.8 Å². The number of ether oxygens (including phenoxy) is 1. The number of halogens is 3. The molecule has 1 aliphatic heterocycles. The minimum absolute atomic E-state index is 0.0210. The van der Waals surface area contributed by atoms with Gasteiger partial charge in [-0.05, 0) is 30.5 Å². The number of carbonyl (C=O) groups is 1. The lowest BCUT2D eigenvalue weighted by Crippen LogP contribution is -2.42. The van der Waals surface area contributed by atoms with Crippen molar-refractivity contribution in [1.82, 2.24) is 10.2 Å². The van der Waals surface area contributed by atoms with E-state index >= 15 is 0 Å². The summed E-state index contributed by atoms with van der Waals surface area (Å²) in [7, 11) is 1.73. The van der Waals surface area contributed by atoms with E-state index < -0.39 is 12.8 Å². The van der Waals surface area contributed by atoms with Crippen molar-refractivity contribution in [3.8, 4) is 5.75 Å². The zero-order chi connectivity index (χ0) is 17.9. The van der Waals surface area contributed by atoms with Gasteiger partial charge in [0.1, 0.15) is 5.75 Å². The van der Waals surface area contributed by atoms with Crippen LogP contribution in [0.5, 0.6) is 5.75 Å². The molecule has 1 N–H and O–H groups in total. The Kier molecular flexibility index (Phi) is 6.03. The lowest BCUT2D eigenvalue weighted by Gasteiger charge is -2.22. The summed E-state index contributed by atoms with van der Waals surface area (Å²) >= 11 is 1.68. The summed E-state index contributed by atoms with van der Waals surface area (Å²) in [6, 6.07) is 3.36. The second kappa shape index (κ2) is 7.65. The Balaban J connectivity index is 2.05. The van der Waals surface area contributed by atoms with E-state index in [9.17, 15) is 18.0 Å². The van der Waals surface area contributed by atoms with Gasteiger partial charge in [0.15, 0.2) is 6.61 Å². The molecule has 1 amide bonds. The maximum atomic E-state index is 12.3. The summed E-state index contributed by atoms with van der Waals surface area (Å²) in [6.45, 7) is 2.51. The van der Waals surface area contributed by atoms with Gasteiger partial charge in [-0.3, -0.25) is 10.1 Å². The molecule has 1 saturated heterocycles. The number of hydrogen-bond acceptors (Lipinski definition) is 4. The first-order valence-corrected chi connectivity index (χ1v) is 8.68. The summed E-state index contributed by atoms with van der Waals surface area (Å²) < 4.78 is 41.9. The molecule has 134 valence electrons. The van der Waals surface area contributed by atoms with Crippen LogP contribution in [0.2, 0.25) is 0 Å². The highest BCUT2D eigenvalue weighted by Crippen LogP contribution is 2.27. The van der Waals surface area contributed by atoms with Crippen molar-refractivity contribution >= 4 is 17.7 Å². The average molecular weight is 362 g/mol. The number of carbonyl (C=O) groups excluding carboxylic acids is 1. The second-order valence-electron chi connectivity index (χ2n) is 5.93. The van der Waals surface area contributed by atoms with Crippen LogP contribution in [0.4, 0.5) is 13.2 Å². The molecule has 1 aliphatic rings. The fourth-order valence-electron chi connectivity index (χ4n) is 2.68. The third-order valence-electron chi connectivity index (χ3n) is 3.71. The molecule has 1 fully saturated rings. The fraction of sp³-hybridized carbons (Fsp3) is 0.562. The number of benzene rings is 1. The van der Waals surface area contributed by atoms with Gasteiger partial charge in [-0.1, -0.05) is 12.1 Å². The second-order valence-corrected chi connectivity index (χ2v) is 6.96. The summed E-state index contributed by atoms with van der Waals surface area (Å²) in [6.07, 6.45) is -4.36. The molecule has 0 spiro atoms. The highest BCUT2D eigenvalue weighted by molar-refractivity contribution is 7.99. The quantitative estimate of drug-likeness (QED) is 0.875. The molecule has 1 heterocycles. The van der Waals surface area contributed by atoms with E-state index in [1.807, 2.05) is 0 Å². The van der Waals surface area contributed by atoms with Crippen LogP contribution in [-0.2, 0) is 11.3 Å². The van der Waals surface area contributed by atoms with E-state index in [1.165, 1.54) is 0 Å². The molecule has 0 bridgehead atoms. The molecule has 0 aliphatic carbocycles. The molecule has 8 heteroatoms. The molecule has 0 radical (unpaired) electrons. The normalized spacial score (nSPS) is 17.8. The van der Waals surface area contributed by atoms with E-state index in [-0.39, 0.29) is 17.7 Å². The molecule has 1 aromatic carbocycles. The van der Waals surface area contributed by atoms with Crippen molar-refractivity contribution in [1.29, 1.82) is 0 Å². The number of thioether (sulfide) groups is 1. The van der Waals surface area contributed by atoms with Crippen LogP contribution in [0.1, 0.15) is 16.7 Å². The third-order valence-corrected chi connectivity index (χ3v) is 4.65. The third kappa shape index (κ3) is 5.04. The van der Waals surface area contributed by atoms with E-state index in [4.69, 9.17) is 4.74 Å². The van der Waals surface area contributed by atoms with E-state index in [1.54, 1.807) is 49.7 Å². The molecule has 1 unspecified atom stereocenters. The van der Waals surface area contributed by atoms with Crippen LogP contribution >= 0.6 is 11.8 Å². The fourth-order valence-corrected chi connectivity index (χ4v) is 3.62. The van der Waals surface area contributed by atoms with Crippen molar-refractivity contribution in [2.45, 2.75) is 32.6 Å². The topological polar surface area (TPSA) is 41.6 Å². The van der Waals surface area contributed by atoms with Gasteiger partial charge in [0.25, 0.3) is 0 Å². The first-order chi connectivity index (χ1) is 11.2. The Morgan fingerprint density at radius 3 is 2.50 bits per heavy atom. The van der Waals surface area contributed by atoms with Crippen LogP contribution in [0.3, 0.4) is 0 Å². The van der Waals surface area contributed by atoms with Gasteiger partial charge in [0.05, 0.1) is 6.04 Å². The highest BCUT2D eigenvalue weighted by Gasteiger charge is 2.29. The van der Waals surface area contributed by atoms with Crippen molar-refractivity contribution in [2.75, 3.05) is 25.3 Å². The maximum Gasteiger partial charge on any atom is 0.422 e. The standard InChI is InChI=1S/C16H21F3N2O2S/c1-10-4-12(5-11(2)14(10)23-8-16(17,18)19)6-21(3)15(22)13-7-24-9-20-13/h4-5,13,20H,6-9H2,1-3H3. The number of nitrogens with zero attached hydrogens (tertiary/aromatic N) is 1. The Bertz CT molecular complexity index is 578. The Labute approximate surface area is 143 Å². The Morgan fingerprint density at radius 2 is 2.00 bits per heavy atom. The Hall–Kier alpha value is -1.41. The van der Waals surface area contributed by atoms with Crippen LogP contribution in [0.25, 0.3) is 0 Å². The molecular weight excluding hydrogens is 341 g/mol. The zero-order valence-electron chi connectivity index (χ0n) is 13.9. The average Bonchev–Trinajstić information content (AvgIpc) is 2.98. The molecular formula is C16H21F3N2O2S. The van der Waals surface area contributed by atoms with Gasteiger partial charge in [-0.2, -0.15) is 13.2 Å². The maximum absolute atomic E-state index is 12.3. The molecule has 0 aromatic heterocycles. The van der Waals surface area contributed by atoms with Gasteiger partial charge in [0.2, 0.25) is 5.91 Å². The molecule has 4 nitrogen and oxygen atoms in total. The number of nitrogens with one attached hydrogen (secondary N) is 1. The number of aryl methyl sites for hydroxylation is 2. The lowest BCUT2D eigenvalue weighted by atomic mass is 10.0. The van der Waals surface area contributed by atoms with Crippen LogP contribution < -0.4 is 10.1 Å². The Morgan fingerprint density at radius 1 is 1.38 bits per heavy atom. The highest BCUT2D eigenvalue weighted by atomic mass is 32.2. The van der Waals surface area contributed by atoms with Gasteiger partial charge < -0.3 is 9.64 Å². The van der Waals surface area contributed by atoms with Crippen LogP contribution in [0.15, 0.2) is 12.1 Å². The van der Waals surface area contributed by atoms with Gasteiger partial charge in [0, 0.05) is 25.2 Å². The zero-order valence-corrected chi connectivity index (χ0v) is 14.7. The van der Waals surface area contributed by atoms with Gasteiger partial charge in [-0.15, -0.1) is 11.8 Å². The number of alkyl halides is 3. The lowest BCUT2D eigenvalue weighted by molar-refractivity contribution is -0.153. The molecule has 1 atom stereocenters. The van der Waals surface area contributed by atoms with E-state index in [0.717, 1.165) is 17.2 Å². The monoisotopic (exact) mass is 362 g/mol. The number of likely N-dealkylation sites (N-methyl/N-ethyl adjacent to an activating group) is 1. The van der Waals surface area contributed by atoms with Gasteiger partial charge >= 0.3 is 6.18 Å².